The second-order valence-electron chi connectivity index (χ2n) is 3.40. The lowest BCUT2D eigenvalue weighted by Gasteiger charge is -2.22. The molecule has 0 aliphatic carbocycles. The number of hydrogen-bond acceptors (Lipinski definition) is 4. The maximum absolute atomic E-state index is 11.0. The van der Waals surface area contributed by atoms with Crippen LogP contribution in [0, 0.1) is 0 Å². The Balaban J connectivity index is 2.34. The monoisotopic (exact) mass is 186 g/mol. The van der Waals surface area contributed by atoms with E-state index >= 15 is 0 Å². The number of rotatable bonds is 4. The highest BCUT2D eigenvalue weighted by Crippen LogP contribution is 2.19. The minimum Gasteiger partial charge on any atom is -0.469 e. The average molecular weight is 186 g/mol. The van der Waals surface area contributed by atoms with Crippen LogP contribution in [0.15, 0.2) is 0 Å². The first-order valence-electron chi connectivity index (χ1n) is 4.79. The van der Waals surface area contributed by atoms with Gasteiger partial charge in [0.1, 0.15) is 0 Å². The number of ether oxygens (including phenoxy) is 1. The number of carbonyl (C=O) groups is 1. The van der Waals surface area contributed by atoms with Gasteiger partial charge in [0, 0.05) is 19.1 Å². The van der Waals surface area contributed by atoms with E-state index in [1.165, 1.54) is 13.5 Å². The van der Waals surface area contributed by atoms with E-state index in [4.69, 9.17) is 5.73 Å². The zero-order valence-corrected chi connectivity index (χ0v) is 8.16. The Morgan fingerprint density at radius 3 is 3.08 bits per heavy atom. The van der Waals surface area contributed by atoms with Crippen LogP contribution in [0.3, 0.4) is 0 Å². The summed E-state index contributed by atoms with van der Waals surface area (Å²) in [6, 6.07) is 0.357. The van der Waals surface area contributed by atoms with E-state index < -0.39 is 0 Å². The molecule has 1 heterocycles. The Kier molecular flexibility index (Phi) is 4.18. The van der Waals surface area contributed by atoms with Crippen LogP contribution in [-0.2, 0) is 9.53 Å². The van der Waals surface area contributed by atoms with Crippen LogP contribution < -0.4 is 5.73 Å². The molecule has 0 spiro atoms. The molecule has 1 saturated heterocycles. The molecule has 76 valence electrons. The van der Waals surface area contributed by atoms with Crippen LogP contribution in [0.2, 0.25) is 0 Å². The molecular weight excluding hydrogens is 168 g/mol. The first-order valence-corrected chi connectivity index (χ1v) is 4.79. The van der Waals surface area contributed by atoms with Crippen LogP contribution in [0.5, 0.6) is 0 Å². The van der Waals surface area contributed by atoms with Crippen molar-refractivity contribution in [1.29, 1.82) is 0 Å². The van der Waals surface area contributed by atoms with Crippen LogP contribution in [0.4, 0.5) is 0 Å². The molecular formula is C9H18N2O2. The Morgan fingerprint density at radius 2 is 2.46 bits per heavy atom. The number of likely N-dealkylation sites (tertiary alicyclic amines) is 1. The van der Waals surface area contributed by atoms with Crippen molar-refractivity contribution in [3.63, 3.8) is 0 Å². The van der Waals surface area contributed by atoms with Crippen molar-refractivity contribution in [2.75, 3.05) is 26.7 Å². The van der Waals surface area contributed by atoms with Gasteiger partial charge in [-0.25, -0.2) is 0 Å². The lowest BCUT2D eigenvalue weighted by atomic mass is 10.1. The number of nitrogens with two attached hydrogens (primary N) is 1. The highest BCUT2D eigenvalue weighted by atomic mass is 16.5. The Bertz CT molecular complexity index is 173. The van der Waals surface area contributed by atoms with Crippen molar-refractivity contribution in [3.8, 4) is 0 Å². The summed E-state index contributed by atoms with van der Waals surface area (Å²) in [6.07, 6.45) is 2.77. The van der Waals surface area contributed by atoms with E-state index in [1.807, 2.05) is 0 Å². The molecule has 13 heavy (non-hydrogen) atoms. The van der Waals surface area contributed by atoms with E-state index in [-0.39, 0.29) is 5.97 Å². The van der Waals surface area contributed by atoms with E-state index in [1.54, 1.807) is 0 Å². The molecule has 2 N–H and O–H groups in total. The quantitative estimate of drug-likeness (QED) is 0.627. The maximum atomic E-state index is 11.0. The summed E-state index contributed by atoms with van der Waals surface area (Å²) in [5.74, 6) is -0.117. The lowest BCUT2D eigenvalue weighted by molar-refractivity contribution is -0.141. The highest BCUT2D eigenvalue weighted by Gasteiger charge is 2.25. The Labute approximate surface area is 79.0 Å². The van der Waals surface area contributed by atoms with Crippen LogP contribution in [0.1, 0.15) is 19.3 Å². The van der Waals surface area contributed by atoms with Crippen molar-refractivity contribution < 1.29 is 9.53 Å². The van der Waals surface area contributed by atoms with E-state index in [0.29, 0.717) is 19.0 Å². The number of hydrogen-bond donors (Lipinski definition) is 1. The zero-order valence-electron chi connectivity index (χ0n) is 8.16. The van der Waals surface area contributed by atoms with Gasteiger partial charge >= 0.3 is 5.97 Å². The molecule has 0 aromatic rings. The zero-order chi connectivity index (χ0) is 9.68. The largest absolute Gasteiger partial charge is 0.469 e. The summed E-state index contributed by atoms with van der Waals surface area (Å²) in [5, 5.41) is 0. The Morgan fingerprint density at radius 1 is 1.69 bits per heavy atom. The molecule has 0 bridgehead atoms. The van der Waals surface area contributed by atoms with Gasteiger partial charge in [0.2, 0.25) is 0 Å². The van der Waals surface area contributed by atoms with Crippen molar-refractivity contribution in [3.05, 3.63) is 0 Å². The predicted octanol–water partition coefficient (Wildman–Crippen LogP) is -0.0274. The molecule has 0 radical (unpaired) electrons. The fourth-order valence-corrected chi connectivity index (χ4v) is 1.86. The first-order chi connectivity index (χ1) is 6.27. The fourth-order valence-electron chi connectivity index (χ4n) is 1.86. The normalized spacial score (nSPS) is 23.4. The van der Waals surface area contributed by atoms with Crippen molar-refractivity contribution in [2.24, 2.45) is 5.73 Å². The molecule has 1 aliphatic heterocycles. The molecule has 0 aromatic carbocycles. The van der Waals surface area contributed by atoms with Crippen molar-refractivity contribution in [1.82, 2.24) is 4.90 Å². The summed E-state index contributed by atoms with van der Waals surface area (Å²) in [7, 11) is 1.44. The summed E-state index contributed by atoms with van der Waals surface area (Å²) in [6.45, 7) is 2.62. The minimum atomic E-state index is -0.117. The Hall–Kier alpha value is -0.610. The fraction of sp³-hybridized carbons (Fsp3) is 0.889. The first kappa shape index (κ1) is 10.5. The third-order valence-electron chi connectivity index (χ3n) is 2.55. The van der Waals surface area contributed by atoms with Gasteiger partial charge in [0.05, 0.1) is 13.5 Å². The molecule has 1 fully saturated rings. The topological polar surface area (TPSA) is 55.6 Å². The van der Waals surface area contributed by atoms with Crippen molar-refractivity contribution >= 4 is 5.97 Å². The SMILES string of the molecule is COC(=O)C[C@@H]1CCCN1CCN. The van der Waals surface area contributed by atoms with Gasteiger partial charge in [-0.3, -0.25) is 9.69 Å². The number of nitrogens with zero attached hydrogens (tertiary/aromatic N) is 1. The van der Waals surface area contributed by atoms with Gasteiger partial charge < -0.3 is 10.5 Å². The van der Waals surface area contributed by atoms with Gasteiger partial charge in [-0.1, -0.05) is 0 Å². The van der Waals surface area contributed by atoms with Gasteiger partial charge in [-0.05, 0) is 19.4 Å². The minimum absolute atomic E-state index is 0.117. The summed E-state index contributed by atoms with van der Waals surface area (Å²) < 4.78 is 4.64. The third-order valence-corrected chi connectivity index (χ3v) is 2.55. The number of methoxy groups -OCH3 is 1. The van der Waals surface area contributed by atoms with E-state index in [2.05, 4.69) is 9.64 Å². The van der Waals surface area contributed by atoms with Crippen molar-refractivity contribution in [2.45, 2.75) is 25.3 Å². The molecule has 1 atom stereocenters. The highest BCUT2D eigenvalue weighted by molar-refractivity contribution is 5.69. The second-order valence-corrected chi connectivity index (χ2v) is 3.40. The third kappa shape index (κ3) is 2.97. The molecule has 4 heteroatoms. The summed E-state index contributed by atoms with van der Waals surface area (Å²) >= 11 is 0. The van der Waals surface area contributed by atoms with Crippen LogP contribution in [0.25, 0.3) is 0 Å². The maximum Gasteiger partial charge on any atom is 0.307 e. The molecule has 1 aliphatic rings. The van der Waals surface area contributed by atoms with Crippen LogP contribution in [-0.4, -0.2) is 43.7 Å². The average Bonchev–Trinajstić information content (AvgIpc) is 2.54. The lowest BCUT2D eigenvalue weighted by Crippen LogP contribution is -2.35. The number of carbonyl (C=O) groups excluding carboxylic acids is 1. The molecule has 4 nitrogen and oxygen atoms in total. The predicted molar refractivity (Wildman–Crippen MR) is 50.3 cm³/mol. The summed E-state index contributed by atoms with van der Waals surface area (Å²) in [4.78, 5) is 13.3. The molecule has 1 rings (SSSR count). The van der Waals surface area contributed by atoms with Gasteiger partial charge in [-0.15, -0.1) is 0 Å². The molecule has 0 amide bonds. The standard InChI is InChI=1S/C9H18N2O2/c1-13-9(12)7-8-3-2-5-11(8)6-4-10/h8H,2-7,10H2,1H3/t8-/m0/s1. The molecule has 0 saturated carbocycles. The summed E-state index contributed by atoms with van der Waals surface area (Å²) in [5.41, 5.74) is 5.48. The van der Waals surface area contributed by atoms with Gasteiger partial charge in [-0.2, -0.15) is 0 Å². The molecule has 0 aromatic heterocycles. The molecule has 0 unspecified atom stereocenters. The van der Waals surface area contributed by atoms with E-state index in [9.17, 15) is 4.79 Å². The second kappa shape index (κ2) is 5.19. The number of esters is 1. The van der Waals surface area contributed by atoms with Gasteiger partial charge in [0.25, 0.3) is 0 Å². The smallest absolute Gasteiger partial charge is 0.307 e. The van der Waals surface area contributed by atoms with Gasteiger partial charge in [0.15, 0.2) is 0 Å². The van der Waals surface area contributed by atoms with E-state index in [0.717, 1.165) is 19.5 Å². The van der Waals surface area contributed by atoms with Crippen LogP contribution >= 0.6 is 0 Å².